The smallest absolute Gasteiger partial charge is 0.281 e. The van der Waals surface area contributed by atoms with Crippen LogP contribution in [-0.4, -0.2) is 31.8 Å². The minimum Gasteiger partial charge on any atom is -0.349 e. The summed E-state index contributed by atoms with van der Waals surface area (Å²) >= 11 is 0. The molecule has 7 heteroatoms. The first-order chi connectivity index (χ1) is 14.6. The summed E-state index contributed by atoms with van der Waals surface area (Å²) in [6.07, 6.45) is 5.58. The maximum atomic E-state index is 12.8. The van der Waals surface area contributed by atoms with E-state index in [2.05, 4.69) is 20.6 Å². The molecule has 2 aromatic carbocycles. The molecule has 0 bridgehead atoms. The fraction of sp³-hybridized carbons (Fsp3) is 0.304. The number of fused-ring (bicyclic) bond motifs is 3. The fourth-order valence-electron chi connectivity index (χ4n) is 4.27. The van der Waals surface area contributed by atoms with Crippen molar-refractivity contribution in [2.24, 2.45) is 0 Å². The molecule has 2 N–H and O–H groups in total. The lowest BCUT2D eigenvalue weighted by Gasteiger charge is -2.22. The Morgan fingerprint density at radius 3 is 2.77 bits per heavy atom. The van der Waals surface area contributed by atoms with Gasteiger partial charge in [0.2, 0.25) is 0 Å². The van der Waals surface area contributed by atoms with Gasteiger partial charge in [0.05, 0.1) is 10.9 Å². The van der Waals surface area contributed by atoms with Crippen LogP contribution < -0.4 is 10.9 Å². The number of aromatic nitrogens is 4. The first-order valence-electron chi connectivity index (χ1n) is 10.4. The Bertz CT molecular complexity index is 1310. The average Bonchev–Trinajstić information content (AvgIpc) is 3.18. The first-order valence-corrected chi connectivity index (χ1v) is 10.4. The molecule has 152 valence electrons. The number of nitrogens with one attached hydrogen (secondary N) is 2. The maximum absolute atomic E-state index is 12.8. The van der Waals surface area contributed by atoms with Crippen molar-refractivity contribution in [3.63, 3.8) is 0 Å². The Kier molecular flexibility index (Phi) is 4.58. The van der Waals surface area contributed by atoms with Crippen molar-refractivity contribution in [3.8, 4) is 11.3 Å². The van der Waals surface area contributed by atoms with Gasteiger partial charge in [0.1, 0.15) is 5.69 Å². The maximum Gasteiger partial charge on any atom is 0.281 e. The van der Waals surface area contributed by atoms with Gasteiger partial charge in [0.25, 0.3) is 11.5 Å². The van der Waals surface area contributed by atoms with Gasteiger partial charge in [0.15, 0.2) is 5.65 Å². The number of H-pyrrole nitrogens is 1. The number of nitrogens with zero attached hydrogens (tertiary/aromatic N) is 3. The zero-order chi connectivity index (χ0) is 20.7. The van der Waals surface area contributed by atoms with Crippen molar-refractivity contribution in [2.75, 3.05) is 0 Å². The van der Waals surface area contributed by atoms with Crippen LogP contribution in [0, 0.1) is 6.92 Å². The zero-order valence-electron chi connectivity index (χ0n) is 16.8. The average molecular weight is 401 g/mol. The quantitative estimate of drug-likeness (QED) is 0.549. The van der Waals surface area contributed by atoms with Crippen LogP contribution in [-0.2, 0) is 0 Å². The highest BCUT2D eigenvalue weighted by molar-refractivity contribution is 5.98. The number of amides is 1. The first kappa shape index (κ1) is 18.5. The number of benzene rings is 2. The predicted molar refractivity (Wildman–Crippen MR) is 116 cm³/mol. The molecule has 0 saturated heterocycles. The Hall–Kier alpha value is -3.48. The van der Waals surface area contributed by atoms with Crippen LogP contribution in [0.25, 0.3) is 27.8 Å². The number of hydrogen-bond acceptors (Lipinski definition) is 4. The third-order valence-corrected chi connectivity index (χ3v) is 5.86. The molecule has 5 rings (SSSR count). The number of carbonyl (C=O) groups is 1. The van der Waals surface area contributed by atoms with Crippen molar-refractivity contribution < 1.29 is 4.79 Å². The van der Waals surface area contributed by atoms with Gasteiger partial charge in [-0.15, -0.1) is 0 Å². The SMILES string of the molecule is Cc1cccc(-c2n[nH]n3c2nc(=O)c2ccc(C(=O)NC4CCCCC4)cc23)c1. The summed E-state index contributed by atoms with van der Waals surface area (Å²) in [4.78, 5) is 29.7. The van der Waals surface area contributed by atoms with Crippen LogP contribution in [0.2, 0.25) is 0 Å². The lowest BCUT2D eigenvalue weighted by Crippen LogP contribution is -2.36. The second-order valence-corrected chi connectivity index (χ2v) is 8.05. The molecule has 0 unspecified atom stereocenters. The molecule has 1 fully saturated rings. The predicted octanol–water partition coefficient (Wildman–Crippen LogP) is 3.61. The normalized spacial score (nSPS) is 15.0. The Balaban J connectivity index is 1.59. The molecular weight excluding hydrogens is 378 g/mol. The van der Waals surface area contributed by atoms with Gasteiger partial charge >= 0.3 is 0 Å². The molecule has 1 aliphatic carbocycles. The Morgan fingerprint density at radius 1 is 1.13 bits per heavy atom. The van der Waals surface area contributed by atoms with E-state index in [9.17, 15) is 9.59 Å². The lowest BCUT2D eigenvalue weighted by molar-refractivity contribution is 0.0928. The van der Waals surface area contributed by atoms with Crippen molar-refractivity contribution in [3.05, 3.63) is 63.9 Å². The Morgan fingerprint density at radius 2 is 1.97 bits per heavy atom. The number of aromatic amines is 1. The Labute approximate surface area is 173 Å². The second-order valence-electron chi connectivity index (χ2n) is 8.05. The molecule has 0 aliphatic heterocycles. The van der Waals surface area contributed by atoms with Crippen LogP contribution in [0.3, 0.4) is 0 Å². The van der Waals surface area contributed by atoms with E-state index in [0.717, 1.165) is 36.8 Å². The molecule has 1 saturated carbocycles. The van der Waals surface area contributed by atoms with Gasteiger partial charge in [-0.2, -0.15) is 10.1 Å². The largest absolute Gasteiger partial charge is 0.349 e. The summed E-state index contributed by atoms with van der Waals surface area (Å²) in [5.41, 5.74) is 3.81. The van der Waals surface area contributed by atoms with Crippen LogP contribution >= 0.6 is 0 Å². The van der Waals surface area contributed by atoms with Gasteiger partial charge < -0.3 is 5.32 Å². The van der Waals surface area contributed by atoms with Crippen molar-refractivity contribution >= 4 is 22.5 Å². The van der Waals surface area contributed by atoms with Crippen LogP contribution in [0.15, 0.2) is 47.3 Å². The molecule has 2 aromatic heterocycles. The minimum atomic E-state index is -0.334. The molecule has 4 aromatic rings. The third-order valence-electron chi connectivity index (χ3n) is 5.86. The van der Waals surface area contributed by atoms with Crippen molar-refractivity contribution in [1.82, 2.24) is 25.1 Å². The molecule has 1 aliphatic rings. The number of hydrogen-bond donors (Lipinski definition) is 2. The fourth-order valence-corrected chi connectivity index (χ4v) is 4.27. The summed E-state index contributed by atoms with van der Waals surface area (Å²) < 4.78 is 1.67. The van der Waals surface area contributed by atoms with E-state index in [1.165, 1.54) is 6.42 Å². The third kappa shape index (κ3) is 3.26. The molecule has 0 spiro atoms. The van der Waals surface area contributed by atoms with Crippen LogP contribution in [0.5, 0.6) is 0 Å². The molecule has 2 heterocycles. The van der Waals surface area contributed by atoms with E-state index >= 15 is 0 Å². The number of rotatable bonds is 3. The summed E-state index contributed by atoms with van der Waals surface area (Å²) in [6.45, 7) is 2.00. The van der Waals surface area contributed by atoms with Gasteiger partial charge in [0, 0.05) is 17.2 Å². The molecule has 0 atom stereocenters. The highest BCUT2D eigenvalue weighted by Gasteiger charge is 2.19. The minimum absolute atomic E-state index is 0.111. The van der Waals surface area contributed by atoms with Gasteiger partial charge in [-0.05, 0) is 44.0 Å². The number of carbonyl (C=O) groups excluding carboxylic acids is 1. The highest BCUT2D eigenvalue weighted by atomic mass is 16.1. The molecule has 1 amide bonds. The summed E-state index contributed by atoms with van der Waals surface area (Å²) in [7, 11) is 0. The van der Waals surface area contributed by atoms with E-state index in [1.54, 1.807) is 22.7 Å². The summed E-state index contributed by atoms with van der Waals surface area (Å²) in [5, 5.41) is 10.9. The van der Waals surface area contributed by atoms with Gasteiger partial charge in [-0.3, -0.25) is 9.59 Å². The van der Waals surface area contributed by atoms with Gasteiger partial charge in [-0.1, -0.05) is 43.0 Å². The number of aryl methyl sites for hydroxylation is 1. The summed E-state index contributed by atoms with van der Waals surface area (Å²) in [5.74, 6) is -0.111. The molecule has 30 heavy (non-hydrogen) atoms. The van der Waals surface area contributed by atoms with Gasteiger partial charge in [-0.25, -0.2) is 9.73 Å². The lowest BCUT2D eigenvalue weighted by atomic mass is 9.95. The molecular formula is C23H23N5O2. The molecule has 7 nitrogen and oxygen atoms in total. The summed E-state index contributed by atoms with van der Waals surface area (Å²) in [6, 6.07) is 13.2. The van der Waals surface area contributed by atoms with E-state index < -0.39 is 0 Å². The van der Waals surface area contributed by atoms with Crippen molar-refractivity contribution in [1.29, 1.82) is 0 Å². The van der Waals surface area contributed by atoms with Crippen LogP contribution in [0.4, 0.5) is 0 Å². The molecule has 0 radical (unpaired) electrons. The van der Waals surface area contributed by atoms with E-state index in [1.807, 2.05) is 31.2 Å². The standard InChI is InChI=1S/C23H23N5O2/c1-14-6-5-7-15(12-14)20-21-25-23(30)18-11-10-16(13-19(18)28(21)27-26-20)22(29)24-17-8-3-2-4-9-17/h5-7,10-13,17,27H,2-4,8-9H2,1H3,(H,24,29). The van der Waals surface area contributed by atoms with Crippen molar-refractivity contribution in [2.45, 2.75) is 45.1 Å². The topological polar surface area (TPSA) is 92.2 Å². The van der Waals surface area contributed by atoms with E-state index in [4.69, 9.17) is 0 Å². The monoisotopic (exact) mass is 401 g/mol. The van der Waals surface area contributed by atoms with Crippen LogP contribution in [0.1, 0.15) is 48.0 Å². The van der Waals surface area contributed by atoms with E-state index in [0.29, 0.717) is 27.8 Å². The van der Waals surface area contributed by atoms with E-state index in [-0.39, 0.29) is 17.5 Å². The highest BCUT2D eigenvalue weighted by Crippen LogP contribution is 2.24. The second kappa shape index (κ2) is 7.40. The zero-order valence-corrected chi connectivity index (χ0v) is 16.8.